The van der Waals surface area contributed by atoms with Gasteiger partial charge in [0.1, 0.15) is 18.1 Å². The van der Waals surface area contributed by atoms with Gasteiger partial charge in [-0.3, -0.25) is 0 Å². The van der Waals surface area contributed by atoms with Gasteiger partial charge in [-0.15, -0.1) is 11.3 Å². The first kappa shape index (κ1) is 21.9. The first-order valence-electron chi connectivity index (χ1n) is 10.4. The van der Waals surface area contributed by atoms with Crippen LogP contribution >= 0.6 is 27.3 Å². The highest BCUT2D eigenvalue weighted by Gasteiger charge is 2.16. The minimum atomic E-state index is 0.544. The van der Waals surface area contributed by atoms with Crippen molar-refractivity contribution in [3.63, 3.8) is 0 Å². The molecule has 0 aliphatic heterocycles. The molecule has 1 aromatic heterocycles. The lowest BCUT2D eigenvalue weighted by atomic mass is 10.1. The summed E-state index contributed by atoms with van der Waals surface area (Å²) in [6.07, 6.45) is 1.02. The van der Waals surface area contributed by atoms with Gasteiger partial charge in [-0.1, -0.05) is 41.1 Å². The van der Waals surface area contributed by atoms with Crippen molar-refractivity contribution >= 4 is 37.4 Å². The van der Waals surface area contributed by atoms with E-state index in [4.69, 9.17) is 14.2 Å². The van der Waals surface area contributed by atoms with Crippen LogP contribution in [0.4, 0.5) is 0 Å². The summed E-state index contributed by atoms with van der Waals surface area (Å²) in [4.78, 5) is 1.13. The van der Waals surface area contributed by atoms with Crippen molar-refractivity contribution in [2.24, 2.45) is 0 Å². The normalized spacial score (nSPS) is 11.1. The van der Waals surface area contributed by atoms with E-state index in [1.165, 1.54) is 10.3 Å². The molecule has 1 heterocycles. The number of rotatable bonds is 9. The van der Waals surface area contributed by atoms with Crippen molar-refractivity contribution in [1.29, 1.82) is 0 Å². The highest BCUT2D eigenvalue weighted by Crippen LogP contribution is 2.46. The van der Waals surface area contributed by atoms with E-state index in [1.54, 1.807) is 11.3 Å². The van der Waals surface area contributed by atoms with E-state index < -0.39 is 0 Å². The molecule has 0 radical (unpaired) electrons. The summed E-state index contributed by atoms with van der Waals surface area (Å²) in [7, 11) is 0. The second-order valence-corrected chi connectivity index (χ2v) is 9.27. The summed E-state index contributed by atoms with van der Waals surface area (Å²) < 4.78 is 19.9. The van der Waals surface area contributed by atoms with Crippen molar-refractivity contribution in [3.05, 3.63) is 76.8 Å². The third-order valence-electron chi connectivity index (χ3n) is 4.79. The van der Waals surface area contributed by atoms with Gasteiger partial charge in [0.25, 0.3) is 0 Å². The second-order valence-electron chi connectivity index (χ2n) is 7.30. The van der Waals surface area contributed by atoms with Crippen LogP contribution in [0.1, 0.15) is 18.9 Å². The van der Waals surface area contributed by atoms with Gasteiger partial charge in [0.2, 0.25) is 0 Å². The van der Waals surface area contributed by atoms with Crippen molar-refractivity contribution in [1.82, 2.24) is 0 Å². The zero-order valence-corrected chi connectivity index (χ0v) is 20.1. The number of fused-ring (bicyclic) bond motifs is 1. The largest absolute Gasteiger partial charge is 0.491 e. The van der Waals surface area contributed by atoms with E-state index in [9.17, 15) is 0 Å². The Morgan fingerprint density at radius 1 is 0.839 bits per heavy atom. The van der Waals surface area contributed by atoms with Gasteiger partial charge in [-0.2, -0.15) is 0 Å². The van der Waals surface area contributed by atoms with Crippen LogP contribution in [0.15, 0.2) is 71.2 Å². The molecule has 0 unspecified atom stereocenters. The molecule has 4 aromatic rings. The highest BCUT2D eigenvalue weighted by atomic mass is 79.9. The van der Waals surface area contributed by atoms with Crippen molar-refractivity contribution in [3.8, 4) is 27.7 Å². The molecule has 160 valence electrons. The molecular weight excluding hydrogens is 472 g/mol. The molecule has 0 saturated heterocycles. The van der Waals surface area contributed by atoms with Crippen molar-refractivity contribution in [2.75, 3.05) is 19.8 Å². The number of hydrogen-bond donors (Lipinski definition) is 0. The van der Waals surface area contributed by atoms with E-state index in [1.807, 2.05) is 24.3 Å². The fourth-order valence-corrected chi connectivity index (χ4v) is 4.76. The number of aryl methyl sites for hydroxylation is 1. The van der Waals surface area contributed by atoms with Gasteiger partial charge in [-0.05, 0) is 73.0 Å². The number of hydrogen-bond acceptors (Lipinski definition) is 4. The Balaban J connectivity index is 1.57. The predicted octanol–water partition coefficient (Wildman–Crippen LogP) is 8.24. The summed E-state index contributed by atoms with van der Waals surface area (Å²) in [6, 6.07) is 22.6. The third-order valence-corrected chi connectivity index (χ3v) is 6.51. The predicted molar refractivity (Wildman–Crippen MR) is 133 cm³/mol. The standard InChI is InChI=1S/C26H25BrO3S/c1-3-14-28-15-16-29-21-9-11-22(12-10-21)30-25-23-13-4-18(2)17-24(23)31-26(25)19-5-7-20(27)8-6-19/h4-13,17H,3,14-16H2,1-2H3. The third kappa shape index (κ3) is 5.48. The van der Waals surface area contributed by atoms with Gasteiger partial charge in [-0.25, -0.2) is 0 Å². The lowest BCUT2D eigenvalue weighted by Crippen LogP contribution is -2.06. The number of thiophene rings is 1. The molecular formula is C26H25BrO3S. The molecule has 0 saturated carbocycles. The van der Waals surface area contributed by atoms with E-state index in [2.05, 4.69) is 72.2 Å². The molecule has 0 atom stereocenters. The van der Waals surface area contributed by atoms with Gasteiger partial charge < -0.3 is 14.2 Å². The Morgan fingerprint density at radius 2 is 1.58 bits per heavy atom. The molecule has 5 heteroatoms. The molecule has 0 aliphatic carbocycles. The van der Waals surface area contributed by atoms with Crippen LogP contribution in [0.5, 0.6) is 17.2 Å². The van der Waals surface area contributed by atoms with Crippen LogP contribution in [-0.2, 0) is 4.74 Å². The number of halogens is 1. The fourth-order valence-electron chi connectivity index (χ4n) is 3.26. The summed E-state index contributed by atoms with van der Waals surface area (Å²) in [5, 5.41) is 1.13. The van der Waals surface area contributed by atoms with Crippen LogP contribution in [-0.4, -0.2) is 19.8 Å². The molecule has 3 aromatic carbocycles. The first-order chi connectivity index (χ1) is 15.1. The molecule has 3 nitrogen and oxygen atoms in total. The Kier molecular flexibility index (Phi) is 7.28. The molecule has 31 heavy (non-hydrogen) atoms. The summed E-state index contributed by atoms with van der Waals surface area (Å²) in [5.41, 5.74) is 2.39. The average molecular weight is 497 g/mol. The van der Waals surface area contributed by atoms with Gasteiger partial charge >= 0.3 is 0 Å². The molecule has 0 fully saturated rings. The smallest absolute Gasteiger partial charge is 0.153 e. The van der Waals surface area contributed by atoms with Crippen LogP contribution < -0.4 is 9.47 Å². The Morgan fingerprint density at radius 3 is 2.32 bits per heavy atom. The SMILES string of the molecule is CCCOCCOc1ccc(Oc2c(-c3ccc(Br)cc3)sc3cc(C)ccc23)cc1. The monoisotopic (exact) mass is 496 g/mol. The van der Waals surface area contributed by atoms with Gasteiger partial charge in [0.05, 0.1) is 11.5 Å². The average Bonchev–Trinajstić information content (AvgIpc) is 3.12. The van der Waals surface area contributed by atoms with Crippen LogP contribution in [0.25, 0.3) is 20.5 Å². The van der Waals surface area contributed by atoms with Gasteiger partial charge in [0, 0.05) is 21.2 Å². The number of ether oxygens (including phenoxy) is 3. The summed E-state index contributed by atoms with van der Waals surface area (Å²) >= 11 is 5.28. The quantitative estimate of drug-likeness (QED) is 0.218. The van der Waals surface area contributed by atoms with Crippen LogP contribution in [0.3, 0.4) is 0 Å². The zero-order valence-electron chi connectivity index (χ0n) is 17.7. The molecule has 0 N–H and O–H groups in total. The van der Waals surface area contributed by atoms with E-state index in [0.717, 1.165) is 50.6 Å². The lowest BCUT2D eigenvalue weighted by Gasteiger charge is -2.10. The molecule has 4 rings (SSSR count). The van der Waals surface area contributed by atoms with Crippen LogP contribution in [0.2, 0.25) is 0 Å². The topological polar surface area (TPSA) is 27.7 Å². The van der Waals surface area contributed by atoms with E-state index in [0.29, 0.717) is 13.2 Å². The summed E-state index contributed by atoms with van der Waals surface area (Å²) in [5.74, 6) is 2.49. The number of benzene rings is 3. The Labute approximate surface area is 195 Å². The maximum Gasteiger partial charge on any atom is 0.153 e. The Hall–Kier alpha value is -2.34. The maximum atomic E-state index is 6.42. The minimum absolute atomic E-state index is 0.544. The highest BCUT2D eigenvalue weighted by molar-refractivity contribution is 9.10. The minimum Gasteiger partial charge on any atom is -0.491 e. The lowest BCUT2D eigenvalue weighted by molar-refractivity contribution is 0.101. The van der Waals surface area contributed by atoms with Gasteiger partial charge in [0.15, 0.2) is 5.75 Å². The van der Waals surface area contributed by atoms with Crippen LogP contribution in [0, 0.1) is 6.92 Å². The molecule has 0 spiro atoms. The summed E-state index contributed by atoms with van der Waals surface area (Å²) in [6.45, 7) is 6.13. The molecule has 0 bridgehead atoms. The van der Waals surface area contributed by atoms with Crippen molar-refractivity contribution in [2.45, 2.75) is 20.3 Å². The van der Waals surface area contributed by atoms with E-state index in [-0.39, 0.29) is 0 Å². The maximum absolute atomic E-state index is 6.42. The zero-order chi connectivity index (χ0) is 21.6. The molecule has 0 aliphatic rings. The molecule has 0 amide bonds. The van der Waals surface area contributed by atoms with E-state index >= 15 is 0 Å². The van der Waals surface area contributed by atoms with Crippen molar-refractivity contribution < 1.29 is 14.2 Å². The Bertz CT molecular complexity index is 1130. The first-order valence-corrected chi connectivity index (χ1v) is 12.0. The fraction of sp³-hybridized carbons (Fsp3) is 0.231. The second kappa shape index (κ2) is 10.3.